The Balaban J connectivity index is -0.0000000180. The topological polar surface area (TPSA) is 315 Å². The van der Waals surface area contributed by atoms with E-state index in [1.54, 1.807) is 0 Å². The third kappa shape index (κ3) is 305. The van der Waals surface area contributed by atoms with Crippen molar-refractivity contribution in [2.24, 2.45) is 32.0 Å². The van der Waals surface area contributed by atoms with Gasteiger partial charge in [-0.3, -0.25) is 0 Å². The van der Waals surface area contributed by atoms with Crippen molar-refractivity contribution in [1.29, 1.82) is 0 Å². The van der Waals surface area contributed by atoms with E-state index in [9.17, 15) is 0 Å². The van der Waals surface area contributed by atoms with Crippen molar-refractivity contribution in [2.75, 3.05) is 0 Å². The predicted molar refractivity (Wildman–Crippen MR) is 55.0 cm³/mol. The molecule has 0 N–H and O–H groups in total. The molecule has 0 saturated heterocycles. The largest absolute Gasteiger partial charge is 6.00 e. The summed E-state index contributed by atoms with van der Waals surface area (Å²) in [5.74, 6) is 0. The SMILES string of the molecule is O=N[O-].O=N[O-].O=N[O-].O=N[O-].O=N[O-].O=N[O-].[W+6]. The molecule has 0 spiro atoms. The predicted octanol–water partition coefficient (Wildman–Crippen LogP) is 1.50. The van der Waals surface area contributed by atoms with Crippen LogP contribution in [0.3, 0.4) is 0 Å². The molecule has 0 aromatic carbocycles. The summed E-state index contributed by atoms with van der Waals surface area (Å²) in [7, 11) is 0. The first-order chi connectivity index (χ1) is 8.49. The van der Waals surface area contributed by atoms with Crippen LogP contribution in [0.25, 0.3) is 0 Å². The normalized spacial score (nSPS) is 3.79. The molecule has 108 valence electrons. The summed E-state index contributed by atoms with van der Waals surface area (Å²) in [6, 6.07) is 0. The summed E-state index contributed by atoms with van der Waals surface area (Å²) in [5, 5.41) is 54.0. The van der Waals surface area contributed by atoms with E-state index in [-0.39, 0.29) is 21.1 Å². The average molecular weight is 460 g/mol. The average Bonchev–Trinajstić information content (AvgIpc) is 2.23. The quantitative estimate of drug-likeness (QED) is 0.367. The summed E-state index contributed by atoms with van der Waals surface area (Å²) in [4.78, 5) is 48.0. The van der Waals surface area contributed by atoms with Gasteiger partial charge in [0.05, 0.1) is 0 Å². The van der Waals surface area contributed by atoms with Crippen molar-refractivity contribution in [3.8, 4) is 0 Å². The van der Waals surface area contributed by atoms with Crippen LogP contribution in [-0.2, 0) is 21.1 Å². The van der Waals surface area contributed by atoms with Gasteiger partial charge in [-0.15, -0.1) is 32.0 Å². The van der Waals surface area contributed by atoms with Crippen LogP contribution in [0.4, 0.5) is 0 Å². The zero-order valence-corrected chi connectivity index (χ0v) is 10.9. The molecule has 0 saturated carbocycles. The number of nitrogens with zero attached hydrogens (tertiary/aromatic N) is 6. The van der Waals surface area contributed by atoms with Crippen molar-refractivity contribution in [3.63, 3.8) is 0 Å². The van der Waals surface area contributed by atoms with Gasteiger partial charge in [0.2, 0.25) is 0 Å². The maximum atomic E-state index is 8.00. The molecule has 18 nitrogen and oxygen atoms in total. The summed E-state index contributed by atoms with van der Waals surface area (Å²) in [5.41, 5.74) is 0. The van der Waals surface area contributed by atoms with Gasteiger partial charge in [0, 0.05) is 0 Å². The van der Waals surface area contributed by atoms with Crippen LogP contribution in [0.5, 0.6) is 0 Å². The maximum Gasteiger partial charge on any atom is 6.00 e. The standard InChI is InChI=1S/6HNO2.W/c6*2-1-3;/h6*(H,2,3);/q;;;;;;+6/p-6. The molecule has 0 heterocycles. The minimum absolute atomic E-state index is 0. The maximum absolute atomic E-state index is 8.00. The van der Waals surface area contributed by atoms with E-state index in [2.05, 4.69) is 0 Å². The smallest absolute Gasteiger partial charge is 0.444 e. The zero-order chi connectivity index (χ0) is 16.2. The molecule has 0 fully saturated rings. The Morgan fingerprint density at radius 3 is 0.368 bits per heavy atom. The second kappa shape index (κ2) is 314. The Kier molecular flexibility index (Phi) is 733. The molecule has 19 heteroatoms. The molecule has 0 rings (SSSR count). The molecule has 0 aromatic rings. The number of rotatable bonds is 0. The monoisotopic (exact) mass is 460 g/mol. The first-order valence-corrected chi connectivity index (χ1v) is 2.19. The van der Waals surface area contributed by atoms with E-state index in [0.717, 1.165) is 32.0 Å². The molecule has 0 aliphatic carbocycles. The fourth-order valence-electron chi connectivity index (χ4n) is 0. The molecule has 0 atom stereocenters. The molecule has 0 unspecified atom stereocenters. The first-order valence-electron chi connectivity index (χ1n) is 2.19. The molecular formula is N6O12W. The van der Waals surface area contributed by atoms with Gasteiger partial charge in [-0.05, 0) is 0 Å². The second-order valence-corrected chi connectivity index (χ2v) is 0.447. The molecule has 0 bridgehead atoms. The number of hydrogen-bond acceptors (Lipinski definition) is 18. The third-order valence-corrected chi connectivity index (χ3v) is 0. The zero-order valence-electron chi connectivity index (χ0n) is 7.99. The van der Waals surface area contributed by atoms with Crippen molar-refractivity contribution in [2.45, 2.75) is 0 Å². The molecule has 0 aromatic heterocycles. The van der Waals surface area contributed by atoms with Crippen LogP contribution in [0.15, 0.2) is 32.0 Å². The Morgan fingerprint density at radius 2 is 0.368 bits per heavy atom. The van der Waals surface area contributed by atoms with E-state index in [1.807, 2.05) is 0 Å². The second-order valence-electron chi connectivity index (χ2n) is 0.447. The Labute approximate surface area is 114 Å². The van der Waals surface area contributed by atoms with Crippen LogP contribution < -0.4 is 0 Å². The summed E-state index contributed by atoms with van der Waals surface area (Å²) < 4.78 is 0. The minimum Gasteiger partial charge on any atom is -0.444 e. The van der Waals surface area contributed by atoms with Crippen LogP contribution in [0.1, 0.15) is 0 Å². The third-order valence-electron chi connectivity index (χ3n) is 0. The Hall–Kier alpha value is -2.91. The van der Waals surface area contributed by atoms with Gasteiger partial charge < -0.3 is 60.7 Å². The van der Waals surface area contributed by atoms with Crippen molar-refractivity contribution in [3.05, 3.63) is 60.7 Å². The van der Waals surface area contributed by atoms with E-state index >= 15 is 0 Å². The van der Waals surface area contributed by atoms with Crippen LogP contribution in [0, 0.1) is 60.7 Å². The van der Waals surface area contributed by atoms with Gasteiger partial charge in [0.25, 0.3) is 0 Å². The van der Waals surface area contributed by atoms with Gasteiger partial charge >= 0.3 is 21.1 Å². The molecule has 0 aliphatic heterocycles. The molecular weight excluding hydrogens is 460 g/mol. The van der Waals surface area contributed by atoms with Crippen LogP contribution >= 0.6 is 0 Å². The summed E-state index contributed by atoms with van der Waals surface area (Å²) in [6.07, 6.45) is 0. The molecule has 0 amide bonds. The summed E-state index contributed by atoms with van der Waals surface area (Å²) >= 11 is 0. The molecule has 0 aliphatic rings. The van der Waals surface area contributed by atoms with Crippen LogP contribution in [0.2, 0.25) is 0 Å². The van der Waals surface area contributed by atoms with E-state index in [0.29, 0.717) is 0 Å². The Morgan fingerprint density at radius 1 is 0.368 bits per heavy atom. The van der Waals surface area contributed by atoms with Gasteiger partial charge in [0.15, 0.2) is 0 Å². The Bertz CT molecular complexity index is 114. The van der Waals surface area contributed by atoms with Crippen molar-refractivity contribution in [1.82, 2.24) is 0 Å². The first kappa shape index (κ1) is 44.3. The van der Waals surface area contributed by atoms with Gasteiger partial charge in [-0.2, -0.15) is 0 Å². The molecule has 19 heavy (non-hydrogen) atoms. The minimum atomic E-state index is 0. The van der Waals surface area contributed by atoms with E-state index in [1.165, 1.54) is 0 Å². The van der Waals surface area contributed by atoms with Gasteiger partial charge in [0.1, 0.15) is 0 Å². The van der Waals surface area contributed by atoms with Crippen molar-refractivity contribution >= 4 is 0 Å². The summed E-state index contributed by atoms with van der Waals surface area (Å²) in [6.45, 7) is 0. The van der Waals surface area contributed by atoms with Crippen molar-refractivity contribution < 1.29 is 21.1 Å². The fraction of sp³-hybridized carbons (Fsp3) is 0. The van der Waals surface area contributed by atoms with Crippen LogP contribution in [-0.4, -0.2) is 0 Å². The van der Waals surface area contributed by atoms with Gasteiger partial charge in [-0.25, -0.2) is 0 Å². The van der Waals surface area contributed by atoms with Gasteiger partial charge in [-0.1, -0.05) is 0 Å². The number of hydrogen-bond donors (Lipinski definition) is 0. The fourth-order valence-corrected chi connectivity index (χ4v) is 0. The van der Waals surface area contributed by atoms with E-state index < -0.39 is 0 Å². The van der Waals surface area contributed by atoms with E-state index in [4.69, 9.17) is 60.7 Å². The molecule has 0 radical (unpaired) electrons.